The SMILES string of the molecule is CN(CCC1=CCCCC1)C(=O)c1cccc(N)c1. The Labute approximate surface area is 115 Å². The Morgan fingerprint density at radius 3 is 2.89 bits per heavy atom. The van der Waals surface area contributed by atoms with E-state index in [1.165, 1.54) is 31.3 Å². The number of carbonyl (C=O) groups is 1. The summed E-state index contributed by atoms with van der Waals surface area (Å²) in [6.45, 7) is 0.777. The number of rotatable bonds is 4. The molecule has 1 aromatic rings. The molecule has 1 aliphatic rings. The zero-order valence-corrected chi connectivity index (χ0v) is 11.6. The van der Waals surface area contributed by atoms with E-state index < -0.39 is 0 Å². The second kappa shape index (κ2) is 6.41. The first-order chi connectivity index (χ1) is 9.16. The number of amides is 1. The third kappa shape index (κ3) is 3.85. The fourth-order valence-corrected chi connectivity index (χ4v) is 2.44. The van der Waals surface area contributed by atoms with Gasteiger partial charge in [0, 0.05) is 24.8 Å². The molecule has 0 aromatic heterocycles. The van der Waals surface area contributed by atoms with Gasteiger partial charge in [0.25, 0.3) is 5.91 Å². The van der Waals surface area contributed by atoms with Crippen LogP contribution in [-0.2, 0) is 0 Å². The smallest absolute Gasteiger partial charge is 0.253 e. The molecule has 0 aliphatic heterocycles. The zero-order valence-electron chi connectivity index (χ0n) is 11.6. The van der Waals surface area contributed by atoms with Crippen molar-refractivity contribution in [2.45, 2.75) is 32.1 Å². The molecule has 0 atom stereocenters. The van der Waals surface area contributed by atoms with Crippen LogP contribution in [0.25, 0.3) is 0 Å². The van der Waals surface area contributed by atoms with Crippen molar-refractivity contribution in [3.05, 3.63) is 41.5 Å². The molecule has 102 valence electrons. The fraction of sp³-hybridized carbons (Fsp3) is 0.438. The highest BCUT2D eigenvalue weighted by molar-refractivity contribution is 5.94. The summed E-state index contributed by atoms with van der Waals surface area (Å²) in [6, 6.07) is 7.16. The first-order valence-corrected chi connectivity index (χ1v) is 6.96. The van der Waals surface area contributed by atoms with Crippen LogP contribution in [-0.4, -0.2) is 24.4 Å². The van der Waals surface area contributed by atoms with Crippen molar-refractivity contribution in [2.75, 3.05) is 19.3 Å². The van der Waals surface area contributed by atoms with Crippen molar-refractivity contribution in [2.24, 2.45) is 0 Å². The van der Waals surface area contributed by atoms with E-state index in [4.69, 9.17) is 5.73 Å². The number of nitrogen functional groups attached to an aromatic ring is 1. The van der Waals surface area contributed by atoms with Gasteiger partial charge < -0.3 is 10.6 Å². The Kier molecular flexibility index (Phi) is 4.61. The Bertz CT molecular complexity index is 479. The lowest BCUT2D eigenvalue weighted by molar-refractivity contribution is 0.0796. The van der Waals surface area contributed by atoms with Gasteiger partial charge in [-0.3, -0.25) is 4.79 Å². The summed E-state index contributed by atoms with van der Waals surface area (Å²) in [4.78, 5) is 14.0. The topological polar surface area (TPSA) is 46.3 Å². The van der Waals surface area contributed by atoms with Crippen molar-refractivity contribution in [1.29, 1.82) is 0 Å². The number of anilines is 1. The van der Waals surface area contributed by atoms with Crippen molar-refractivity contribution >= 4 is 11.6 Å². The van der Waals surface area contributed by atoms with Gasteiger partial charge in [-0.25, -0.2) is 0 Å². The van der Waals surface area contributed by atoms with Crippen LogP contribution in [0.15, 0.2) is 35.9 Å². The molecule has 0 fully saturated rings. The summed E-state index contributed by atoms with van der Waals surface area (Å²) < 4.78 is 0. The van der Waals surface area contributed by atoms with E-state index in [1.807, 2.05) is 19.2 Å². The van der Waals surface area contributed by atoms with Crippen molar-refractivity contribution in [3.63, 3.8) is 0 Å². The quantitative estimate of drug-likeness (QED) is 0.665. The first kappa shape index (κ1) is 13.7. The molecule has 0 bridgehead atoms. The second-order valence-corrected chi connectivity index (χ2v) is 5.21. The maximum Gasteiger partial charge on any atom is 0.253 e. The van der Waals surface area contributed by atoms with Crippen LogP contribution >= 0.6 is 0 Å². The third-order valence-electron chi connectivity index (χ3n) is 3.63. The number of nitrogens with zero attached hydrogens (tertiary/aromatic N) is 1. The predicted octanol–water partition coefficient (Wildman–Crippen LogP) is 3.23. The van der Waals surface area contributed by atoms with E-state index in [0.29, 0.717) is 11.3 Å². The molecule has 3 heteroatoms. The van der Waals surface area contributed by atoms with Crippen LogP contribution in [0.5, 0.6) is 0 Å². The van der Waals surface area contributed by atoms with Crippen LogP contribution in [0, 0.1) is 0 Å². The average Bonchev–Trinajstić information content (AvgIpc) is 2.45. The summed E-state index contributed by atoms with van der Waals surface area (Å²) in [5.74, 6) is 0.0451. The first-order valence-electron chi connectivity index (χ1n) is 6.96. The summed E-state index contributed by atoms with van der Waals surface area (Å²) in [6.07, 6.45) is 8.32. The van der Waals surface area contributed by atoms with E-state index in [2.05, 4.69) is 6.08 Å². The Morgan fingerprint density at radius 1 is 1.37 bits per heavy atom. The molecule has 1 amide bonds. The average molecular weight is 258 g/mol. The summed E-state index contributed by atoms with van der Waals surface area (Å²) >= 11 is 0. The zero-order chi connectivity index (χ0) is 13.7. The van der Waals surface area contributed by atoms with Crippen LogP contribution in [0.2, 0.25) is 0 Å². The number of hydrogen-bond donors (Lipinski definition) is 1. The summed E-state index contributed by atoms with van der Waals surface area (Å²) in [5.41, 5.74) is 8.51. The number of carbonyl (C=O) groups excluding carboxylic acids is 1. The van der Waals surface area contributed by atoms with Gasteiger partial charge in [-0.05, 0) is 50.3 Å². The molecular weight excluding hydrogens is 236 g/mol. The predicted molar refractivity (Wildman–Crippen MR) is 79.0 cm³/mol. The molecule has 0 unspecified atom stereocenters. The van der Waals surface area contributed by atoms with Gasteiger partial charge in [-0.2, -0.15) is 0 Å². The molecular formula is C16H22N2O. The molecule has 0 heterocycles. The van der Waals surface area contributed by atoms with Gasteiger partial charge >= 0.3 is 0 Å². The second-order valence-electron chi connectivity index (χ2n) is 5.21. The van der Waals surface area contributed by atoms with Gasteiger partial charge in [0.15, 0.2) is 0 Å². The van der Waals surface area contributed by atoms with Crippen molar-refractivity contribution in [1.82, 2.24) is 4.90 Å². The van der Waals surface area contributed by atoms with Crippen LogP contribution in [0.1, 0.15) is 42.5 Å². The van der Waals surface area contributed by atoms with Gasteiger partial charge in [0.1, 0.15) is 0 Å². The van der Waals surface area contributed by atoms with E-state index in [0.717, 1.165) is 13.0 Å². The fourth-order valence-electron chi connectivity index (χ4n) is 2.44. The largest absolute Gasteiger partial charge is 0.399 e. The molecule has 0 spiro atoms. The van der Waals surface area contributed by atoms with Crippen LogP contribution in [0.3, 0.4) is 0 Å². The minimum atomic E-state index is 0.0451. The molecule has 2 N–H and O–H groups in total. The highest BCUT2D eigenvalue weighted by Gasteiger charge is 2.12. The molecule has 3 nitrogen and oxygen atoms in total. The molecule has 0 saturated carbocycles. The number of allylic oxidation sites excluding steroid dienone is 1. The number of hydrogen-bond acceptors (Lipinski definition) is 2. The summed E-state index contributed by atoms with van der Waals surface area (Å²) in [5, 5.41) is 0. The Hall–Kier alpha value is -1.77. The van der Waals surface area contributed by atoms with Crippen LogP contribution in [0.4, 0.5) is 5.69 Å². The minimum Gasteiger partial charge on any atom is -0.399 e. The maximum absolute atomic E-state index is 12.2. The van der Waals surface area contributed by atoms with Crippen LogP contribution < -0.4 is 5.73 Å². The minimum absolute atomic E-state index is 0.0451. The monoisotopic (exact) mass is 258 g/mol. The molecule has 0 radical (unpaired) electrons. The molecule has 1 aliphatic carbocycles. The maximum atomic E-state index is 12.2. The highest BCUT2D eigenvalue weighted by Crippen LogP contribution is 2.20. The lowest BCUT2D eigenvalue weighted by Crippen LogP contribution is -2.28. The van der Waals surface area contributed by atoms with E-state index in [9.17, 15) is 4.79 Å². The van der Waals surface area contributed by atoms with Crippen molar-refractivity contribution in [3.8, 4) is 0 Å². The normalized spacial score (nSPS) is 14.9. The summed E-state index contributed by atoms with van der Waals surface area (Å²) in [7, 11) is 1.86. The van der Waals surface area contributed by atoms with Gasteiger partial charge in [0.2, 0.25) is 0 Å². The number of nitrogens with two attached hydrogens (primary N) is 1. The molecule has 1 aromatic carbocycles. The molecule has 19 heavy (non-hydrogen) atoms. The van der Waals surface area contributed by atoms with E-state index in [1.54, 1.807) is 17.0 Å². The van der Waals surface area contributed by atoms with Gasteiger partial charge in [0.05, 0.1) is 0 Å². The third-order valence-corrected chi connectivity index (χ3v) is 3.63. The van der Waals surface area contributed by atoms with Gasteiger partial charge in [-0.15, -0.1) is 0 Å². The number of benzene rings is 1. The lowest BCUT2D eigenvalue weighted by Gasteiger charge is -2.20. The Balaban J connectivity index is 1.90. The standard InChI is InChI=1S/C16H22N2O/c1-18(11-10-13-6-3-2-4-7-13)16(19)14-8-5-9-15(17)12-14/h5-6,8-9,12H,2-4,7,10-11,17H2,1H3. The Morgan fingerprint density at radius 2 is 2.21 bits per heavy atom. The highest BCUT2D eigenvalue weighted by atomic mass is 16.2. The van der Waals surface area contributed by atoms with E-state index in [-0.39, 0.29) is 5.91 Å². The van der Waals surface area contributed by atoms with Crippen molar-refractivity contribution < 1.29 is 4.79 Å². The van der Waals surface area contributed by atoms with Gasteiger partial charge in [-0.1, -0.05) is 17.7 Å². The molecule has 0 saturated heterocycles. The van der Waals surface area contributed by atoms with E-state index >= 15 is 0 Å². The lowest BCUT2D eigenvalue weighted by atomic mass is 9.97. The molecule has 2 rings (SSSR count).